The Bertz CT molecular complexity index is 666. The molecule has 0 aliphatic carbocycles. The minimum atomic E-state index is 0.0154. The van der Waals surface area contributed by atoms with Crippen molar-refractivity contribution in [3.8, 4) is 0 Å². The number of rotatable bonds is 6. The van der Waals surface area contributed by atoms with Gasteiger partial charge < -0.3 is 14.8 Å². The van der Waals surface area contributed by atoms with Crippen LogP contribution in [0.5, 0.6) is 0 Å². The van der Waals surface area contributed by atoms with E-state index in [9.17, 15) is 4.79 Å². The lowest BCUT2D eigenvalue weighted by atomic mass is 9.73. The fourth-order valence-corrected chi connectivity index (χ4v) is 6.11. The van der Waals surface area contributed by atoms with Gasteiger partial charge in [-0.3, -0.25) is 14.6 Å². The summed E-state index contributed by atoms with van der Waals surface area (Å²) in [5.41, 5.74) is 0.0154. The van der Waals surface area contributed by atoms with E-state index in [1.54, 1.807) is 11.3 Å². The average Bonchev–Trinajstić information content (AvgIpc) is 3.42. The van der Waals surface area contributed by atoms with Crippen LogP contribution in [-0.4, -0.2) is 84.9 Å². The zero-order valence-electron chi connectivity index (χ0n) is 15.6. The highest BCUT2D eigenvalue weighted by atomic mass is 32.1. The SMILES string of the molecule is O=C(CN1CCOCC1)NC[C@H]1[C@H]2CN(Cc3nccs3)C[C@]23CC[C@H]1O3. The summed E-state index contributed by atoms with van der Waals surface area (Å²) in [7, 11) is 0. The summed E-state index contributed by atoms with van der Waals surface area (Å²) in [6.45, 7) is 7.35. The van der Waals surface area contributed by atoms with E-state index in [1.807, 2.05) is 11.6 Å². The van der Waals surface area contributed by atoms with Gasteiger partial charge in [0.05, 0.1) is 38.0 Å². The molecule has 1 amide bonds. The molecule has 1 spiro atoms. The van der Waals surface area contributed by atoms with Crippen LogP contribution in [0.3, 0.4) is 0 Å². The summed E-state index contributed by atoms with van der Waals surface area (Å²) < 4.78 is 11.8. The number of likely N-dealkylation sites (tertiary alicyclic amines) is 1. The molecule has 1 aromatic rings. The topological polar surface area (TPSA) is 66.9 Å². The van der Waals surface area contributed by atoms with Gasteiger partial charge in [0.25, 0.3) is 0 Å². The number of hydrogen-bond acceptors (Lipinski definition) is 7. The Kier molecular flexibility index (Phi) is 4.94. The molecule has 148 valence electrons. The van der Waals surface area contributed by atoms with E-state index in [1.165, 1.54) is 5.01 Å². The standard InChI is InChI=1S/C19H28N4O3S/c24-17(11-22-4-6-25-7-5-22)21-9-14-15-10-23(12-18-20-3-8-27-18)13-19(15)2-1-16(14)26-19/h3,8,14-16H,1-2,4-7,9-13H2,(H,21,24)/t14-,15+,16+,19+/m0/s1. The first kappa shape index (κ1) is 18.0. The van der Waals surface area contributed by atoms with Crippen molar-refractivity contribution in [3.05, 3.63) is 16.6 Å². The fourth-order valence-electron chi connectivity index (χ4n) is 5.45. The summed E-state index contributed by atoms with van der Waals surface area (Å²) in [6, 6.07) is 0. The average molecular weight is 393 g/mol. The van der Waals surface area contributed by atoms with Crippen molar-refractivity contribution in [1.82, 2.24) is 20.1 Å². The van der Waals surface area contributed by atoms with Crippen molar-refractivity contribution in [1.29, 1.82) is 0 Å². The summed E-state index contributed by atoms with van der Waals surface area (Å²) in [4.78, 5) is 21.5. The van der Waals surface area contributed by atoms with Gasteiger partial charge in [-0.1, -0.05) is 0 Å². The number of morpholine rings is 1. The molecule has 8 heteroatoms. The summed E-state index contributed by atoms with van der Waals surface area (Å²) >= 11 is 1.72. The van der Waals surface area contributed by atoms with Crippen LogP contribution in [0.25, 0.3) is 0 Å². The van der Waals surface area contributed by atoms with Crippen LogP contribution in [0.15, 0.2) is 11.6 Å². The molecule has 27 heavy (non-hydrogen) atoms. The molecular formula is C19H28N4O3S. The van der Waals surface area contributed by atoms with E-state index in [0.717, 1.165) is 65.3 Å². The third-order valence-electron chi connectivity index (χ3n) is 6.70. The molecule has 4 aliphatic rings. The molecular weight excluding hydrogens is 364 g/mol. The first-order valence-electron chi connectivity index (χ1n) is 10.1. The van der Waals surface area contributed by atoms with Gasteiger partial charge >= 0.3 is 0 Å². The molecule has 0 aromatic carbocycles. The van der Waals surface area contributed by atoms with Crippen molar-refractivity contribution in [3.63, 3.8) is 0 Å². The highest BCUT2D eigenvalue weighted by Gasteiger charge is 2.62. The number of thiazole rings is 1. The van der Waals surface area contributed by atoms with Gasteiger partial charge in [0.2, 0.25) is 5.91 Å². The lowest BCUT2D eigenvalue weighted by molar-refractivity contribution is -0.123. The lowest BCUT2D eigenvalue weighted by Crippen LogP contribution is -2.46. The van der Waals surface area contributed by atoms with E-state index in [0.29, 0.717) is 24.5 Å². The molecule has 1 N–H and O–H groups in total. The largest absolute Gasteiger partial charge is 0.379 e. The number of fused-ring (bicyclic) bond motifs is 1. The summed E-state index contributed by atoms with van der Waals surface area (Å²) in [5.74, 6) is 1.10. The Balaban J connectivity index is 1.16. The molecule has 5 heterocycles. The number of nitrogens with zero attached hydrogens (tertiary/aromatic N) is 3. The molecule has 1 aromatic heterocycles. The van der Waals surface area contributed by atoms with Crippen molar-refractivity contribution < 1.29 is 14.3 Å². The first-order chi connectivity index (χ1) is 13.2. The fraction of sp³-hybridized carbons (Fsp3) is 0.789. The van der Waals surface area contributed by atoms with Crippen molar-refractivity contribution in [2.75, 3.05) is 52.5 Å². The number of ether oxygens (including phenoxy) is 2. The van der Waals surface area contributed by atoms with Crippen LogP contribution in [0, 0.1) is 11.8 Å². The van der Waals surface area contributed by atoms with Gasteiger partial charge in [0, 0.05) is 56.1 Å². The predicted molar refractivity (Wildman–Crippen MR) is 101 cm³/mol. The van der Waals surface area contributed by atoms with Crippen LogP contribution in [0.1, 0.15) is 17.8 Å². The Morgan fingerprint density at radius 3 is 3.07 bits per heavy atom. The maximum Gasteiger partial charge on any atom is 0.234 e. The smallest absolute Gasteiger partial charge is 0.234 e. The maximum atomic E-state index is 12.4. The molecule has 7 nitrogen and oxygen atoms in total. The quantitative estimate of drug-likeness (QED) is 0.764. The van der Waals surface area contributed by atoms with Gasteiger partial charge in [0.15, 0.2) is 0 Å². The number of aromatic nitrogens is 1. The van der Waals surface area contributed by atoms with Gasteiger partial charge in [-0.2, -0.15) is 0 Å². The van der Waals surface area contributed by atoms with E-state index in [-0.39, 0.29) is 11.5 Å². The highest BCUT2D eigenvalue weighted by molar-refractivity contribution is 7.09. The third kappa shape index (κ3) is 3.53. The zero-order valence-corrected chi connectivity index (χ0v) is 16.5. The minimum absolute atomic E-state index is 0.0154. The normalized spacial score (nSPS) is 36.2. The van der Waals surface area contributed by atoms with E-state index in [4.69, 9.17) is 9.47 Å². The molecule has 2 bridgehead atoms. The van der Waals surface area contributed by atoms with Gasteiger partial charge in [-0.25, -0.2) is 4.98 Å². The van der Waals surface area contributed by atoms with Crippen LogP contribution in [-0.2, 0) is 20.8 Å². The summed E-state index contributed by atoms with van der Waals surface area (Å²) in [5, 5.41) is 6.41. The highest BCUT2D eigenvalue weighted by Crippen LogP contribution is 2.54. The second-order valence-corrected chi connectivity index (χ2v) is 9.30. The molecule has 4 atom stereocenters. The van der Waals surface area contributed by atoms with E-state index < -0.39 is 0 Å². The number of amides is 1. The predicted octanol–water partition coefficient (Wildman–Crippen LogP) is 0.571. The van der Waals surface area contributed by atoms with Crippen LogP contribution < -0.4 is 5.32 Å². The van der Waals surface area contributed by atoms with Crippen LogP contribution in [0.4, 0.5) is 0 Å². The van der Waals surface area contributed by atoms with Gasteiger partial charge in [-0.15, -0.1) is 11.3 Å². The molecule has 0 radical (unpaired) electrons. The Hall–Kier alpha value is -1.06. The molecule has 4 fully saturated rings. The second kappa shape index (κ2) is 7.40. The summed E-state index contributed by atoms with van der Waals surface area (Å²) in [6.07, 6.45) is 4.49. The number of nitrogens with one attached hydrogen (secondary N) is 1. The van der Waals surface area contributed by atoms with E-state index >= 15 is 0 Å². The molecule has 5 rings (SSSR count). The van der Waals surface area contributed by atoms with Gasteiger partial charge in [0.1, 0.15) is 5.01 Å². The maximum absolute atomic E-state index is 12.4. The Morgan fingerprint density at radius 1 is 1.37 bits per heavy atom. The monoisotopic (exact) mass is 392 g/mol. The van der Waals surface area contributed by atoms with Crippen molar-refractivity contribution in [2.24, 2.45) is 11.8 Å². The number of carbonyl (C=O) groups excluding carboxylic acids is 1. The molecule has 0 saturated carbocycles. The Labute approximate surface area is 164 Å². The molecule has 4 aliphatic heterocycles. The van der Waals surface area contributed by atoms with Crippen LogP contribution in [0.2, 0.25) is 0 Å². The number of carbonyl (C=O) groups is 1. The van der Waals surface area contributed by atoms with Gasteiger partial charge in [-0.05, 0) is 12.8 Å². The Morgan fingerprint density at radius 2 is 2.26 bits per heavy atom. The zero-order chi connectivity index (χ0) is 18.3. The lowest BCUT2D eigenvalue weighted by Gasteiger charge is -2.30. The molecule has 4 saturated heterocycles. The minimum Gasteiger partial charge on any atom is -0.379 e. The second-order valence-electron chi connectivity index (χ2n) is 8.32. The molecule has 0 unspecified atom stereocenters. The van der Waals surface area contributed by atoms with Crippen molar-refractivity contribution in [2.45, 2.75) is 31.1 Å². The van der Waals surface area contributed by atoms with Crippen molar-refractivity contribution >= 4 is 17.2 Å². The van der Waals surface area contributed by atoms with Crippen LogP contribution >= 0.6 is 11.3 Å². The third-order valence-corrected chi connectivity index (χ3v) is 7.47. The number of hydrogen-bond donors (Lipinski definition) is 1. The first-order valence-corrected chi connectivity index (χ1v) is 11.0. The van der Waals surface area contributed by atoms with E-state index in [2.05, 4.69) is 20.1 Å².